The SMILES string of the molecule is CC(S)CSCCSC(CSCC(C)S)C(CSCC(C)S)SCCSCC(C)S. The molecule has 0 rings (SSSR count). The molecule has 0 bridgehead atoms. The highest BCUT2D eigenvalue weighted by Gasteiger charge is 2.23. The van der Waals surface area contributed by atoms with Crippen LogP contribution in [-0.4, -0.2) is 89.0 Å². The van der Waals surface area contributed by atoms with Gasteiger partial charge in [-0.05, 0) is 0 Å². The smallest absolute Gasteiger partial charge is 0.0265 e. The number of thiol groups is 4. The summed E-state index contributed by atoms with van der Waals surface area (Å²) in [5.41, 5.74) is 0. The molecule has 0 heterocycles. The van der Waals surface area contributed by atoms with Crippen LogP contribution in [0, 0.1) is 0 Å². The van der Waals surface area contributed by atoms with Crippen molar-refractivity contribution in [1.29, 1.82) is 0 Å². The van der Waals surface area contributed by atoms with Gasteiger partial charge < -0.3 is 0 Å². The first-order valence-electron chi connectivity index (χ1n) is 10.5. The van der Waals surface area contributed by atoms with Crippen LogP contribution in [0.2, 0.25) is 0 Å². The zero-order valence-electron chi connectivity index (χ0n) is 18.8. The molecule has 30 heavy (non-hydrogen) atoms. The maximum absolute atomic E-state index is 4.58. The summed E-state index contributed by atoms with van der Waals surface area (Å²) in [5, 5.41) is 3.33. The lowest BCUT2D eigenvalue weighted by Crippen LogP contribution is -2.27. The van der Waals surface area contributed by atoms with E-state index in [1.54, 1.807) is 0 Å². The fourth-order valence-electron chi connectivity index (χ4n) is 2.26. The van der Waals surface area contributed by atoms with E-state index in [4.69, 9.17) is 0 Å². The van der Waals surface area contributed by atoms with Crippen LogP contribution < -0.4 is 0 Å². The summed E-state index contributed by atoms with van der Waals surface area (Å²) in [5.74, 6) is 12.0. The average molecular weight is 603 g/mol. The van der Waals surface area contributed by atoms with Crippen molar-refractivity contribution in [1.82, 2.24) is 0 Å². The van der Waals surface area contributed by atoms with Crippen LogP contribution >= 0.6 is 121 Å². The van der Waals surface area contributed by atoms with Crippen LogP contribution in [0.5, 0.6) is 0 Å². The predicted octanol–water partition coefficient (Wildman–Crippen LogP) is 7.40. The molecule has 0 nitrogen and oxygen atoms in total. The van der Waals surface area contributed by atoms with E-state index >= 15 is 0 Å². The minimum Gasteiger partial charge on any atom is -0.175 e. The molecular formula is C20H42S10. The maximum atomic E-state index is 4.58. The van der Waals surface area contributed by atoms with Crippen molar-refractivity contribution in [3.63, 3.8) is 0 Å². The van der Waals surface area contributed by atoms with E-state index in [-0.39, 0.29) is 0 Å². The normalized spacial score (nSPS) is 18.0. The third kappa shape index (κ3) is 23.3. The molecule has 182 valence electrons. The lowest BCUT2D eigenvalue weighted by Gasteiger charge is -2.27. The lowest BCUT2D eigenvalue weighted by atomic mass is 10.3. The quantitative estimate of drug-likeness (QED) is 0.0793. The van der Waals surface area contributed by atoms with Crippen LogP contribution in [0.15, 0.2) is 0 Å². The van der Waals surface area contributed by atoms with Gasteiger partial charge in [0.25, 0.3) is 0 Å². The summed E-state index contributed by atoms with van der Waals surface area (Å²) >= 11 is 30.8. The Morgan fingerprint density at radius 2 is 0.733 bits per heavy atom. The van der Waals surface area contributed by atoms with Crippen molar-refractivity contribution >= 4 is 121 Å². The average Bonchev–Trinajstić information content (AvgIpc) is 2.63. The van der Waals surface area contributed by atoms with Crippen molar-refractivity contribution in [2.24, 2.45) is 0 Å². The number of thioether (sulfide) groups is 6. The number of hydrogen-bond donors (Lipinski definition) is 4. The molecule has 0 aromatic heterocycles. The molecule has 0 saturated heterocycles. The van der Waals surface area contributed by atoms with E-state index < -0.39 is 0 Å². The molecule has 0 amide bonds. The van der Waals surface area contributed by atoms with Crippen LogP contribution in [0.1, 0.15) is 27.7 Å². The van der Waals surface area contributed by atoms with Gasteiger partial charge in [0.05, 0.1) is 0 Å². The zero-order valence-corrected chi connectivity index (χ0v) is 27.3. The Morgan fingerprint density at radius 3 is 1.03 bits per heavy atom. The van der Waals surface area contributed by atoms with Gasteiger partial charge in [-0.15, -0.1) is 0 Å². The Labute approximate surface area is 235 Å². The van der Waals surface area contributed by atoms with Crippen molar-refractivity contribution in [3.05, 3.63) is 0 Å². The largest absolute Gasteiger partial charge is 0.175 e. The monoisotopic (exact) mass is 602 g/mol. The highest BCUT2D eigenvalue weighted by molar-refractivity contribution is 8.08. The van der Waals surface area contributed by atoms with Crippen LogP contribution in [0.3, 0.4) is 0 Å². The molecule has 0 saturated carbocycles. The molecule has 0 radical (unpaired) electrons. The summed E-state index contributed by atoms with van der Waals surface area (Å²) in [6, 6.07) is 0. The van der Waals surface area contributed by atoms with Gasteiger partial charge in [-0.3, -0.25) is 0 Å². The maximum Gasteiger partial charge on any atom is 0.0265 e. The molecule has 0 spiro atoms. The lowest BCUT2D eigenvalue weighted by molar-refractivity contribution is 0.944. The zero-order chi connectivity index (χ0) is 22.8. The minimum atomic E-state index is 0.471. The molecule has 0 aliphatic carbocycles. The molecule has 0 aromatic carbocycles. The first-order valence-corrected chi connectivity index (χ1v) is 19.3. The van der Waals surface area contributed by atoms with Crippen LogP contribution in [0.25, 0.3) is 0 Å². The van der Waals surface area contributed by atoms with Gasteiger partial charge >= 0.3 is 0 Å². The molecule has 0 fully saturated rings. The van der Waals surface area contributed by atoms with E-state index in [0.717, 1.165) is 23.0 Å². The van der Waals surface area contributed by atoms with Gasteiger partial charge in [-0.1, -0.05) is 27.7 Å². The van der Waals surface area contributed by atoms with Crippen molar-refractivity contribution in [2.45, 2.75) is 59.2 Å². The van der Waals surface area contributed by atoms with Crippen molar-refractivity contribution < 1.29 is 0 Å². The second-order valence-electron chi connectivity index (χ2n) is 7.44. The Balaban J connectivity index is 4.70. The van der Waals surface area contributed by atoms with Gasteiger partial charge in [0.15, 0.2) is 0 Å². The minimum absolute atomic E-state index is 0.471. The first kappa shape index (κ1) is 33.5. The fourth-order valence-corrected chi connectivity index (χ4v) is 11.4. The Morgan fingerprint density at radius 1 is 0.433 bits per heavy atom. The van der Waals surface area contributed by atoms with E-state index in [9.17, 15) is 0 Å². The summed E-state index contributed by atoms with van der Waals surface area (Å²) < 4.78 is 0. The van der Waals surface area contributed by atoms with Crippen molar-refractivity contribution in [3.8, 4) is 0 Å². The molecule has 6 atom stereocenters. The predicted molar refractivity (Wildman–Crippen MR) is 176 cm³/mol. The van der Waals surface area contributed by atoms with Gasteiger partial charge in [-0.2, -0.15) is 121 Å². The topological polar surface area (TPSA) is 0 Å². The van der Waals surface area contributed by atoms with E-state index in [0.29, 0.717) is 31.5 Å². The van der Waals surface area contributed by atoms with Crippen LogP contribution in [0.4, 0.5) is 0 Å². The second-order valence-corrected chi connectivity index (χ2v) is 18.1. The van der Waals surface area contributed by atoms with Gasteiger partial charge in [0, 0.05) is 89.0 Å². The molecule has 6 unspecified atom stereocenters. The Bertz CT molecular complexity index is 331. The highest BCUT2D eigenvalue weighted by atomic mass is 32.2. The van der Waals surface area contributed by atoms with Crippen molar-refractivity contribution in [2.75, 3.05) is 57.5 Å². The Kier molecular flexibility index (Phi) is 25.6. The summed E-state index contributed by atoms with van der Waals surface area (Å²) in [7, 11) is 0. The third-order valence-corrected chi connectivity index (χ3v) is 14.2. The number of hydrogen-bond acceptors (Lipinski definition) is 10. The van der Waals surface area contributed by atoms with E-state index in [1.165, 1.54) is 34.5 Å². The second kappa shape index (κ2) is 22.9. The summed E-state index contributed by atoms with van der Waals surface area (Å²) in [6.07, 6.45) is 0. The third-order valence-electron chi connectivity index (χ3n) is 3.53. The molecule has 0 aromatic rings. The number of rotatable bonds is 21. The fraction of sp³-hybridized carbons (Fsp3) is 1.00. The highest BCUT2D eigenvalue weighted by Crippen LogP contribution is 2.32. The van der Waals surface area contributed by atoms with Gasteiger partial charge in [0.1, 0.15) is 0 Å². The molecule has 0 aliphatic rings. The molecular weight excluding hydrogens is 561 g/mol. The van der Waals surface area contributed by atoms with E-state index in [1.807, 2.05) is 23.5 Å². The molecule has 10 heteroatoms. The molecule has 0 N–H and O–H groups in total. The standard InChI is InChI=1S/C20H42S10/c1-15(21)9-25-5-7-29-19(13-27-11-17(3)23)20(14-28-12-18(4)24)30-8-6-26-10-16(2)22/h15-24H,5-14H2,1-4H3. The summed E-state index contributed by atoms with van der Waals surface area (Å²) in [4.78, 5) is 0. The van der Waals surface area contributed by atoms with Gasteiger partial charge in [-0.25, -0.2) is 0 Å². The first-order chi connectivity index (χ1) is 14.2. The summed E-state index contributed by atoms with van der Waals surface area (Å²) in [6.45, 7) is 8.76. The van der Waals surface area contributed by atoms with Gasteiger partial charge in [0.2, 0.25) is 0 Å². The van der Waals surface area contributed by atoms with E-state index in [2.05, 4.69) is 125 Å². The Hall–Kier alpha value is 3.50. The van der Waals surface area contributed by atoms with Crippen LogP contribution in [-0.2, 0) is 0 Å². The molecule has 0 aliphatic heterocycles.